The maximum Gasteiger partial charge on any atom is 0.220 e. The lowest BCUT2D eigenvalue weighted by Crippen LogP contribution is -2.24. The Hall–Kier alpha value is -0.170. The number of carbonyl (C=O) groups is 2. The molecule has 1 fully saturated rings. The van der Waals surface area contributed by atoms with E-state index in [2.05, 4.69) is 27.9 Å². The molecule has 0 atom stereocenters. The van der Waals surface area contributed by atoms with Crippen molar-refractivity contribution < 1.29 is 14.3 Å². The Labute approximate surface area is 163 Å². The van der Waals surface area contributed by atoms with Gasteiger partial charge in [0.05, 0.1) is 0 Å². The number of rotatable bonds is 11. The van der Waals surface area contributed by atoms with Crippen LogP contribution in [0.3, 0.4) is 0 Å². The molecule has 24 heavy (non-hydrogen) atoms. The minimum Gasteiger partial charge on any atom is -0.385 e. The zero-order valence-electron chi connectivity index (χ0n) is 16.2. The predicted molar refractivity (Wildman–Crippen MR) is 111 cm³/mol. The molecule has 5 heteroatoms. The van der Waals surface area contributed by atoms with Gasteiger partial charge in [-0.05, 0) is 39.0 Å². The van der Waals surface area contributed by atoms with Crippen LogP contribution in [-0.2, 0) is 14.3 Å². The second-order valence-electron chi connectivity index (χ2n) is 5.84. The fourth-order valence-corrected chi connectivity index (χ4v) is 2.78. The third kappa shape index (κ3) is 21.8. The van der Waals surface area contributed by atoms with Crippen molar-refractivity contribution in [2.24, 2.45) is 0 Å². The van der Waals surface area contributed by atoms with Crippen LogP contribution in [0.15, 0.2) is 0 Å². The Kier molecular flexibility index (Phi) is 22.7. The quantitative estimate of drug-likeness (QED) is 0.269. The van der Waals surface area contributed by atoms with Crippen molar-refractivity contribution >= 4 is 34.3 Å². The van der Waals surface area contributed by atoms with E-state index >= 15 is 0 Å². The first-order valence-corrected chi connectivity index (χ1v) is 10.7. The number of halogens is 1. The highest BCUT2D eigenvalue weighted by atomic mass is 127. The second-order valence-corrected chi connectivity index (χ2v) is 7.60. The maximum atomic E-state index is 11.3. The molecule has 1 N–H and O–H groups in total. The highest BCUT2D eigenvalue weighted by molar-refractivity contribution is 14.1. The average molecular weight is 455 g/mol. The predicted octanol–water partition coefficient (Wildman–Crippen LogP) is 5.07. The Morgan fingerprint density at radius 3 is 2.08 bits per heavy atom. The third-order valence-corrected chi connectivity index (χ3v) is 4.81. The van der Waals surface area contributed by atoms with Crippen molar-refractivity contribution in [3.63, 3.8) is 0 Å². The minimum atomic E-state index is 0.0585. The summed E-state index contributed by atoms with van der Waals surface area (Å²) in [5.74, 6) is 0.207. The van der Waals surface area contributed by atoms with E-state index in [-0.39, 0.29) is 11.7 Å². The van der Waals surface area contributed by atoms with Crippen LogP contribution in [0.4, 0.5) is 0 Å². The lowest BCUT2D eigenvalue weighted by atomic mass is 10.0. The molecular formula is C19H38INO3. The highest BCUT2D eigenvalue weighted by Gasteiger charge is 2.11. The van der Waals surface area contributed by atoms with E-state index in [0.29, 0.717) is 19.3 Å². The van der Waals surface area contributed by atoms with Crippen LogP contribution in [-0.4, -0.2) is 35.9 Å². The number of carbonyl (C=O) groups excluding carboxylic acids is 2. The summed E-state index contributed by atoms with van der Waals surface area (Å²) < 4.78 is 5.99. The SMILES string of the molecule is CC.COCCCCCCNC(=O)CCCC(C)=O.IC1CCC1. The summed E-state index contributed by atoms with van der Waals surface area (Å²) in [5, 5.41) is 2.87. The number of methoxy groups -OCH3 is 1. The minimum absolute atomic E-state index is 0.0585. The van der Waals surface area contributed by atoms with E-state index in [0.717, 1.165) is 42.8 Å². The van der Waals surface area contributed by atoms with Gasteiger partial charge >= 0.3 is 0 Å². The topological polar surface area (TPSA) is 55.4 Å². The third-order valence-electron chi connectivity index (χ3n) is 3.56. The smallest absolute Gasteiger partial charge is 0.220 e. The lowest BCUT2D eigenvalue weighted by Gasteiger charge is -2.16. The molecule has 1 rings (SSSR count). The van der Waals surface area contributed by atoms with Gasteiger partial charge in [-0.2, -0.15) is 0 Å². The first kappa shape index (κ1) is 26.1. The molecule has 0 unspecified atom stereocenters. The molecule has 0 aromatic heterocycles. The van der Waals surface area contributed by atoms with Gasteiger partial charge in [-0.3, -0.25) is 4.79 Å². The molecule has 0 radical (unpaired) electrons. The number of amides is 1. The number of ketones is 1. The van der Waals surface area contributed by atoms with Crippen molar-refractivity contribution in [2.45, 2.75) is 88.9 Å². The summed E-state index contributed by atoms with van der Waals surface area (Å²) in [6.07, 6.45) is 10.4. The number of hydrogen-bond donors (Lipinski definition) is 1. The van der Waals surface area contributed by atoms with Crippen LogP contribution < -0.4 is 5.32 Å². The molecule has 0 aliphatic heterocycles. The monoisotopic (exact) mass is 455 g/mol. The summed E-state index contributed by atoms with van der Waals surface area (Å²) in [6.45, 7) is 7.11. The largest absolute Gasteiger partial charge is 0.385 e. The summed E-state index contributed by atoms with van der Waals surface area (Å²) >= 11 is 2.49. The molecule has 0 aromatic carbocycles. The van der Waals surface area contributed by atoms with E-state index in [4.69, 9.17) is 4.74 Å². The van der Waals surface area contributed by atoms with Crippen LogP contribution in [0.25, 0.3) is 0 Å². The summed E-state index contributed by atoms with van der Waals surface area (Å²) in [7, 11) is 1.71. The Bertz CT molecular complexity index is 294. The number of hydrogen-bond acceptors (Lipinski definition) is 3. The van der Waals surface area contributed by atoms with Gasteiger partial charge in [0.1, 0.15) is 5.78 Å². The lowest BCUT2D eigenvalue weighted by molar-refractivity contribution is -0.121. The van der Waals surface area contributed by atoms with Crippen molar-refractivity contribution in [1.29, 1.82) is 0 Å². The van der Waals surface area contributed by atoms with E-state index in [1.54, 1.807) is 14.0 Å². The molecule has 0 heterocycles. The van der Waals surface area contributed by atoms with Gasteiger partial charge in [0.25, 0.3) is 0 Å². The van der Waals surface area contributed by atoms with Crippen molar-refractivity contribution in [3.05, 3.63) is 0 Å². The fraction of sp³-hybridized carbons (Fsp3) is 0.895. The molecule has 1 aliphatic rings. The maximum absolute atomic E-state index is 11.3. The Morgan fingerprint density at radius 1 is 1.04 bits per heavy atom. The fourth-order valence-electron chi connectivity index (χ4n) is 1.90. The van der Waals surface area contributed by atoms with Crippen LogP contribution in [0.2, 0.25) is 0 Å². The second kappa shape index (κ2) is 20.9. The van der Waals surface area contributed by atoms with E-state index in [9.17, 15) is 9.59 Å². The van der Waals surface area contributed by atoms with Gasteiger partial charge in [0, 0.05) is 37.0 Å². The van der Waals surface area contributed by atoms with E-state index in [1.807, 2.05) is 13.8 Å². The summed E-state index contributed by atoms with van der Waals surface area (Å²) in [4.78, 5) is 22.0. The van der Waals surface area contributed by atoms with Crippen molar-refractivity contribution in [3.8, 4) is 0 Å². The molecule has 144 valence electrons. The molecule has 1 amide bonds. The number of nitrogens with one attached hydrogen (secondary N) is 1. The zero-order valence-corrected chi connectivity index (χ0v) is 18.3. The van der Waals surface area contributed by atoms with Gasteiger partial charge in [-0.1, -0.05) is 55.7 Å². The molecule has 0 aromatic rings. The number of alkyl halides is 1. The molecule has 1 saturated carbocycles. The summed E-state index contributed by atoms with van der Waals surface area (Å²) in [6, 6.07) is 0. The van der Waals surface area contributed by atoms with Crippen molar-refractivity contribution in [1.82, 2.24) is 5.32 Å². The first-order chi connectivity index (χ1) is 11.6. The van der Waals surface area contributed by atoms with Gasteiger partial charge in [0.15, 0.2) is 0 Å². The van der Waals surface area contributed by atoms with Crippen molar-refractivity contribution in [2.75, 3.05) is 20.3 Å². The van der Waals surface area contributed by atoms with E-state index < -0.39 is 0 Å². The van der Waals surface area contributed by atoms with Crippen LogP contribution in [0.5, 0.6) is 0 Å². The van der Waals surface area contributed by atoms with Gasteiger partial charge in [-0.25, -0.2) is 0 Å². The first-order valence-electron chi connectivity index (χ1n) is 9.45. The van der Waals surface area contributed by atoms with Crippen LogP contribution in [0.1, 0.15) is 85.0 Å². The summed E-state index contributed by atoms with van der Waals surface area (Å²) in [5.41, 5.74) is 0. The van der Waals surface area contributed by atoms with Gasteiger partial charge in [-0.15, -0.1) is 0 Å². The van der Waals surface area contributed by atoms with Crippen LogP contribution in [0, 0.1) is 0 Å². The van der Waals surface area contributed by atoms with Crippen LogP contribution >= 0.6 is 22.6 Å². The van der Waals surface area contributed by atoms with E-state index in [1.165, 1.54) is 19.3 Å². The standard InChI is InChI=1S/C13H25NO3.C4H7I.C2H6/c1-12(15)8-7-9-13(16)14-10-5-3-4-6-11-17-2;5-4-2-1-3-4;1-2/h3-11H2,1-2H3,(H,14,16);4H,1-3H2;1-2H3. The molecule has 0 saturated heterocycles. The number of ether oxygens (including phenoxy) is 1. The normalized spacial score (nSPS) is 12.9. The molecule has 1 aliphatic carbocycles. The molecule has 4 nitrogen and oxygen atoms in total. The number of unbranched alkanes of at least 4 members (excludes halogenated alkanes) is 3. The molecule has 0 bridgehead atoms. The Balaban J connectivity index is 0. The highest BCUT2D eigenvalue weighted by Crippen LogP contribution is 2.25. The average Bonchev–Trinajstić information content (AvgIpc) is 2.54. The van der Waals surface area contributed by atoms with Gasteiger partial charge < -0.3 is 14.8 Å². The molecule has 0 spiro atoms. The zero-order chi connectivity index (χ0) is 18.6. The Morgan fingerprint density at radius 2 is 1.62 bits per heavy atom. The number of Topliss-reactive ketones (excluding diaryl/α,β-unsaturated/α-hetero) is 1. The van der Waals surface area contributed by atoms with Gasteiger partial charge in [0.2, 0.25) is 5.91 Å². The molecular weight excluding hydrogens is 417 g/mol.